The second-order valence-corrected chi connectivity index (χ2v) is 24.1. The normalized spacial score (nSPS) is 11.2. The van der Waals surface area contributed by atoms with E-state index in [0.29, 0.717) is 0 Å². The van der Waals surface area contributed by atoms with Crippen molar-refractivity contribution in [3.8, 4) is 0 Å². The molecule has 14 aromatic rings. The van der Waals surface area contributed by atoms with Crippen molar-refractivity contribution in [2.45, 2.75) is 254 Å². The summed E-state index contributed by atoms with van der Waals surface area (Å²) in [6.07, 6.45) is 32.9. The maximum absolute atomic E-state index is 4.18. The number of para-hydroxylation sites is 3. The van der Waals surface area contributed by atoms with E-state index in [1.54, 1.807) is 68.0 Å². The van der Waals surface area contributed by atoms with Crippen molar-refractivity contribution in [1.82, 2.24) is 19.9 Å². The van der Waals surface area contributed by atoms with Gasteiger partial charge in [-0.2, -0.15) is 0 Å². The van der Waals surface area contributed by atoms with Crippen LogP contribution in [-0.4, -0.2) is 19.9 Å². The van der Waals surface area contributed by atoms with Gasteiger partial charge >= 0.3 is 0 Å². The zero-order valence-electron chi connectivity index (χ0n) is 74.7. The summed E-state index contributed by atoms with van der Waals surface area (Å²) >= 11 is 0. The van der Waals surface area contributed by atoms with E-state index in [0.717, 1.165) is 16.6 Å². The molecule has 3 aromatic heterocycles. The largest absolute Gasteiger partial charge is 0.264 e. The van der Waals surface area contributed by atoms with Crippen molar-refractivity contribution < 1.29 is 0 Å². The Balaban J connectivity index is 0.00000122. The Labute approximate surface area is 696 Å². The number of hydrogen-bond donors (Lipinski definition) is 0. The first-order chi connectivity index (χ1) is 56.7. The molecule has 0 bridgehead atoms. The van der Waals surface area contributed by atoms with Crippen molar-refractivity contribution in [3.05, 3.63) is 384 Å². The molecule has 610 valence electrons. The van der Waals surface area contributed by atoms with Crippen LogP contribution in [0.1, 0.15) is 245 Å². The number of nitrogens with zero attached hydrogens (tertiary/aromatic N) is 4. The average molecular weight is 1530 g/mol. The summed E-state index contributed by atoms with van der Waals surface area (Å²) in [7, 11) is 0. The Morgan fingerprint density at radius 2 is 0.342 bits per heavy atom. The number of pyridine rings is 2. The first-order valence-corrected chi connectivity index (χ1v) is 44.2. The van der Waals surface area contributed by atoms with Gasteiger partial charge in [-0.05, 0) is 223 Å². The Hall–Kier alpha value is -10.2. The second kappa shape index (κ2) is 74.3. The van der Waals surface area contributed by atoms with Gasteiger partial charge in [-0.3, -0.25) is 19.9 Å². The molecule has 0 radical (unpaired) electrons. The maximum atomic E-state index is 4.18. The molecule has 5 aliphatic rings. The zero-order chi connectivity index (χ0) is 84.1. The molecule has 0 atom stereocenters. The molecule has 114 heavy (non-hydrogen) atoms. The van der Waals surface area contributed by atoms with E-state index in [-0.39, 0.29) is 0 Å². The number of rotatable bonds is 0. The van der Waals surface area contributed by atoms with Gasteiger partial charge in [-0.15, -0.1) is 0 Å². The SMILES string of the molecule is CC.CC.CC.CC.CC.CC.CC.CC.CC.CC.c1ccc2c(c1)CCC2.c1ccc2c(c1)CCC2.c1ccc2c(c1)CCCC2.c1ccc2c(c1)CCCC2.c1ccc2c(c1)CCCC2.c1ccc2ccccc2c1.c1ccc2cnccc2c1.c1ccc2ncccc2c1.c1ccc2nccnc2c1.c1ccccc1. The highest BCUT2D eigenvalue weighted by Gasteiger charge is 2.10. The molecule has 0 spiro atoms. The molecule has 5 aliphatic carbocycles. The Morgan fingerprint density at radius 3 is 0.596 bits per heavy atom. The lowest BCUT2D eigenvalue weighted by molar-refractivity contribution is 0.685. The molecule has 0 aliphatic heterocycles. The predicted molar refractivity (Wildman–Crippen MR) is 513 cm³/mol. The second-order valence-electron chi connectivity index (χ2n) is 24.1. The minimum atomic E-state index is 0.949. The van der Waals surface area contributed by atoms with Crippen LogP contribution in [0.25, 0.3) is 43.5 Å². The van der Waals surface area contributed by atoms with E-state index in [4.69, 9.17) is 0 Å². The molecule has 0 fully saturated rings. The molecule has 19 rings (SSSR count). The van der Waals surface area contributed by atoms with E-state index in [1.165, 1.54) is 143 Å². The van der Waals surface area contributed by atoms with Gasteiger partial charge in [0.2, 0.25) is 0 Å². The third-order valence-corrected chi connectivity index (χ3v) is 17.6. The maximum Gasteiger partial charge on any atom is 0.0886 e. The highest BCUT2D eigenvalue weighted by molar-refractivity contribution is 5.82. The van der Waals surface area contributed by atoms with Gasteiger partial charge < -0.3 is 0 Å². The number of benzene rings is 11. The Morgan fingerprint density at radius 1 is 0.149 bits per heavy atom. The van der Waals surface area contributed by atoms with Gasteiger partial charge in [0.15, 0.2) is 0 Å². The summed E-state index contributed by atoms with van der Waals surface area (Å²) < 4.78 is 0. The lowest BCUT2D eigenvalue weighted by Crippen LogP contribution is -2.00. The molecule has 3 heterocycles. The molecule has 0 unspecified atom stereocenters. The number of aryl methyl sites for hydroxylation is 10. The van der Waals surface area contributed by atoms with Crippen LogP contribution >= 0.6 is 0 Å². The third kappa shape index (κ3) is 42.6. The fourth-order valence-corrected chi connectivity index (χ4v) is 12.5. The summed E-state index contributed by atoms with van der Waals surface area (Å²) in [5.74, 6) is 0. The van der Waals surface area contributed by atoms with Crippen molar-refractivity contribution in [2.75, 3.05) is 0 Å². The van der Waals surface area contributed by atoms with Crippen LogP contribution < -0.4 is 0 Å². The van der Waals surface area contributed by atoms with Crippen molar-refractivity contribution >= 4 is 43.5 Å². The molecule has 4 heteroatoms. The summed E-state index contributed by atoms with van der Waals surface area (Å²) in [5, 5.41) is 6.27. The minimum absolute atomic E-state index is 0.949. The van der Waals surface area contributed by atoms with E-state index >= 15 is 0 Å². The quantitative estimate of drug-likeness (QED) is 0.152. The summed E-state index contributed by atoms with van der Waals surface area (Å²) in [6.45, 7) is 40.0. The smallest absolute Gasteiger partial charge is 0.0886 e. The first-order valence-electron chi connectivity index (χ1n) is 44.2. The predicted octanol–water partition coefficient (Wildman–Crippen LogP) is 32.9. The van der Waals surface area contributed by atoms with Gasteiger partial charge in [0, 0.05) is 36.4 Å². The van der Waals surface area contributed by atoms with Crippen molar-refractivity contribution in [2.24, 2.45) is 0 Å². The molecule has 4 nitrogen and oxygen atoms in total. The highest BCUT2D eigenvalue weighted by Crippen LogP contribution is 2.24. The Kier molecular flexibility index (Phi) is 67.6. The summed E-state index contributed by atoms with van der Waals surface area (Å²) in [4.78, 5) is 16.4. The molecule has 0 N–H and O–H groups in total. The fraction of sp³-hybridized carbons (Fsp3) is 0.345. The topological polar surface area (TPSA) is 51.6 Å². The van der Waals surface area contributed by atoms with Gasteiger partial charge in [-0.1, -0.05) is 405 Å². The first kappa shape index (κ1) is 104. The van der Waals surface area contributed by atoms with Gasteiger partial charge in [-0.25, -0.2) is 0 Å². The third-order valence-electron chi connectivity index (χ3n) is 17.6. The standard InChI is InChI=1S/3C10H12.C10H8.2C9H7N.2C9H10.C8H6N2.C6H6.10C2H6/c4*1-2-6-10-8-4-3-7-9(10)5-1;1-2-6-9-8(4-1)5-3-7-10-9;1-2-4-9-7-10-6-5-8(9)3-1;2*1-2-5-9-7-3-6-8(9)4-1;1-2-4-8-7(3-1)9-5-6-10-8;1-2-4-6-5-3-1;10*1-2/h3*1-2,5-6H,3-4,7-8H2;1-8H;2*1-7H;2*1-2,4-5H,3,6-7H2;1-6H;1-6H;10*1-2H3. The highest BCUT2D eigenvalue weighted by atomic mass is 14.8. The average Bonchev–Trinajstić information content (AvgIpc) is 1.81. The number of hydrogen-bond acceptors (Lipinski definition) is 4. The van der Waals surface area contributed by atoms with Crippen LogP contribution in [0.5, 0.6) is 0 Å². The molecule has 11 aromatic carbocycles. The van der Waals surface area contributed by atoms with E-state index in [2.05, 4.69) is 214 Å². The molecular formula is C110H150N4. The molecule has 0 saturated heterocycles. The van der Waals surface area contributed by atoms with Gasteiger partial charge in [0.05, 0.1) is 16.6 Å². The number of fused-ring (bicyclic) bond motifs is 9. The van der Waals surface area contributed by atoms with Gasteiger partial charge in [0.1, 0.15) is 0 Å². The van der Waals surface area contributed by atoms with Crippen LogP contribution in [0.15, 0.2) is 328 Å². The Bertz CT molecular complexity index is 3580. The van der Waals surface area contributed by atoms with Crippen LogP contribution in [0, 0.1) is 0 Å². The summed E-state index contributed by atoms with van der Waals surface area (Å²) in [6, 6.07) is 103. The zero-order valence-corrected chi connectivity index (χ0v) is 74.7. The lowest BCUT2D eigenvalue weighted by Gasteiger charge is -2.13. The van der Waals surface area contributed by atoms with Crippen LogP contribution in [0.2, 0.25) is 0 Å². The molecule has 0 saturated carbocycles. The molecule has 0 amide bonds. The summed E-state index contributed by atoms with van der Waals surface area (Å²) in [5.41, 5.74) is 18.7. The van der Waals surface area contributed by atoms with Crippen LogP contribution in [0.4, 0.5) is 0 Å². The lowest BCUT2D eigenvalue weighted by atomic mass is 9.92. The number of aromatic nitrogens is 4. The van der Waals surface area contributed by atoms with E-state index in [9.17, 15) is 0 Å². The van der Waals surface area contributed by atoms with Crippen molar-refractivity contribution in [1.29, 1.82) is 0 Å². The van der Waals surface area contributed by atoms with E-state index in [1.807, 2.05) is 260 Å². The van der Waals surface area contributed by atoms with Crippen LogP contribution in [-0.2, 0) is 64.2 Å². The molecular weight excluding hydrogens is 1380 g/mol. The van der Waals surface area contributed by atoms with Crippen LogP contribution in [0.3, 0.4) is 0 Å². The van der Waals surface area contributed by atoms with E-state index < -0.39 is 0 Å². The van der Waals surface area contributed by atoms with Crippen molar-refractivity contribution in [3.63, 3.8) is 0 Å². The fourth-order valence-electron chi connectivity index (χ4n) is 12.5. The minimum Gasteiger partial charge on any atom is -0.264 e. The van der Waals surface area contributed by atoms with Gasteiger partial charge in [0.25, 0.3) is 0 Å². The monoisotopic (exact) mass is 1530 g/mol.